The van der Waals surface area contributed by atoms with E-state index in [0.717, 1.165) is 25.9 Å². The zero-order chi connectivity index (χ0) is 16.8. The fourth-order valence-electron chi connectivity index (χ4n) is 2.48. The highest BCUT2D eigenvalue weighted by Crippen LogP contribution is 2.16. The lowest BCUT2D eigenvalue weighted by Gasteiger charge is -2.23. The molecule has 2 heterocycles. The molecule has 0 atom stereocenters. The van der Waals surface area contributed by atoms with Crippen LogP contribution in [0.5, 0.6) is 11.6 Å². The van der Waals surface area contributed by atoms with Crippen molar-refractivity contribution in [2.45, 2.75) is 18.9 Å². The second kappa shape index (κ2) is 7.74. The number of piperidine rings is 1. The van der Waals surface area contributed by atoms with Crippen molar-refractivity contribution in [2.75, 3.05) is 25.5 Å². The van der Waals surface area contributed by atoms with Gasteiger partial charge >= 0.3 is 0 Å². The number of hydrogen-bond acceptors (Lipinski definition) is 6. The van der Waals surface area contributed by atoms with Gasteiger partial charge in [-0.1, -0.05) is 0 Å². The van der Waals surface area contributed by atoms with Crippen LogP contribution < -0.4 is 20.1 Å². The molecule has 1 amide bonds. The number of rotatable bonds is 5. The number of benzene rings is 1. The van der Waals surface area contributed by atoms with Crippen LogP contribution in [0.25, 0.3) is 0 Å². The third-order valence-corrected chi connectivity index (χ3v) is 3.78. The van der Waals surface area contributed by atoms with Gasteiger partial charge in [0.1, 0.15) is 11.9 Å². The van der Waals surface area contributed by atoms with Crippen molar-refractivity contribution in [3.8, 4) is 11.6 Å². The zero-order valence-electron chi connectivity index (χ0n) is 13.5. The molecule has 1 aromatic heterocycles. The number of nitrogens with one attached hydrogen (secondary N) is 2. The number of ether oxygens (including phenoxy) is 2. The fraction of sp³-hybridized carbons (Fsp3) is 0.353. The molecule has 0 spiro atoms. The number of carbonyl (C=O) groups is 1. The van der Waals surface area contributed by atoms with E-state index in [1.807, 2.05) is 0 Å². The average molecular weight is 328 g/mol. The Kier molecular flexibility index (Phi) is 5.22. The van der Waals surface area contributed by atoms with Gasteiger partial charge in [-0.25, -0.2) is 0 Å². The van der Waals surface area contributed by atoms with Crippen LogP contribution >= 0.6 is 0 Å². The van der Waals surface area contributed by atoms with Gasteiger partial charge in [0, 0.05) is 5.56 Å². The van der Waals surface area contributed by atoms with E-state index in [1.54, 1.807) is 37.6 Å². The molecule has 1 saturated heterocycles. The summed E-state index contributed by atoms with van der Waals surface area (Å²) >= 11 is 0. The maximum absolute atomic E-state index is 12.2. The van der Waals surface area contributed by atoms with E-state index in [2.05, 4.69) is 20.6 Å². The van der Waals surface area contributed by atoms with Gasteiger partial charge in [0.2, 0.25) is 5.88 Å². The summed E-state index contributed by atoms with van der Waals surface area (Å²) in [6.45, 7) is 1.87. The molecule has 0 bridgehead atoms. The van der Waals surface area contributed by atoms with Crippen molar-refractivity contribution in [3.05, 3.63) is 42.2 Å². The maximum atomic E-state index is 12.2. The molecule has 0 saturated carbocycles. The van der Waals surface area contributed by atoms with Crippen LogP contribution in [0, 0.1) is 0 Å². The largest absolute Gasteiger partial charge is 0.497 e. The smallest absolute Gasteiger partial charge is 0.256 e. The van der Waals surface area contributed by atoms with Crippen molar-refractivity contribution in [1.82, 2.24) is 15.3 Å². The maximum Gasteiger partial charge on any atom is 0.256 e. The summed E-state index contributed by atoms with van der Waals surface area (Å²) in [4.78, 5) is 20.6. The Balaban J connectivity index is 1.63. The highest BCUT2D eigenvalue weighted by molar-refractivity contribution is 6.03. The van der Waals surface area contributed by atoms with Crippen LogP contribution in [0.1, 0.15) is 23.2 Å². The van der Waals surface area contributed by atoms with Crippen LogP contribution in [0.2, 0.25) is 0 Å². The Morgan fingerprint density at radius 2 is 1.96 bits per heavy atom. The number of anilines is 1. The second-order valence-electron chi connectivity index (χ2n) is 5.49. The highest BCUT2D eigenvalue weighted by Gasteiger charge is 2.16. The normalized spacial score (nSPS) is 14.9. The number of carbonyl (C=O) groups excluding carboxylic acids is 1. The predicted octanol–water partition coefficient (Wildman–Crippen LogP) is 1.87. The first-order valence-corrected chi connectivity index (χ1v) is 7.89. The number of amides is 1. The third kappa shape index (κ3) is 4.20. The molecule has 0 unspecified atom stereocenters. The zero-order valence-corrected chi connectivity index (χ0v) is 13.5. The molecule has 24 heavy (non-hydrogen) atoms. The monoisotopic (exact) mass is 328 g/mol. The first-order valence-electron chi connectivity index (χ1n) is 7.89. The molecular formula is C17H20N4O3. The summed E-state index contributed by atoms with van der Waals surface area (Å²) in [6, 6.07) is 6.85. The van der Waals surface area contributed by atoms with Crippen LogP contribution in [0.4, 0.5) is 5.82 Å². The van der Waals surface area contributed by atoms with Gasteiger partial charge in [-0.3, -0.25) is 9.78 Å². The SMILES string of the molecule is COc1ccc(C(=O)Nc2cncc(OC3CCNCC3)n2)cc1. The highest BCUT2D eigenvalue weighted by atomic mass is 16.5. The average Bonchev–Trinajstić information content (AvgIpc) is 2.63. The molecule has 1 aliphatic heterocycles. The van der Waals surface area contributed by atoms with Crippen molar-refractivity contribution < 1.29 is 14.3 Å². The van der Waals surface area contributed by atoms with E-state index in [4.69, 9.17) is 9.47 Å². The van der Waals surface area contributed by atoms with Crippen LogP contribution in [-0.4, -0.2) is 42.2 Å². The van der Waals surface area contributed by atoms with Crippen molar-refractivity contribution in [1.29, 1.82) is 0 Å². The Bertz CT molecular complexity index is 684. The minimum Gasteiger partial charge on any atom is -0.497 e. The minimum absolute atomic E-state index is 0.132. The fourth-order valence-corrected chi connectivity index (χ4v) is 2.48. The van der Waals surface area contributed by atoms with Crippen molar-refractivity contribution >= 4 is 11.7 Å². The lowest BCUT2D eigenvalue weighted by atomic mass is 10.1. The second-order valence-corrected chi connectivity index (χ2v) is 5.49. The molecular weight excluding hydrogens is 308 g/mol. The third-order valence-electron chi connectivity index (χ3n) is 3.78. The van der Waals surface area contributed by atoms with E-state index in [-0.39, 0.29) is 12.0 Å². The van der Waals surface area contributed by atoms with E-state index >= 15 is 0 Å². The Labute approximate surface area is 140 Å². The van der Waals surface area contributed by atoms with Gasteiger partial charge in [-0.2, -0.15) is 4.98 Å². The van der Waals surface area contributed by atoms with Gasteiger partial charge in [-0.15, -0.1) is 0 Å². The summed E-state index contributed by atoms with van der Waals surface area (Å²) in [5.41, 5.74) is 0.516. The molecule has 2 N–H and O–H groups in total. The van der Waals surface area contributed by atoms with Crippen LogP contribution in [-0.2, 0) is 0 Å². The Morgan fingerprint density at radius 3 is 2.67 bits per heavy atom. The van der Waals surface area contributed by atoms with Crippen molar-refractivity contribution in [3.63, 3.8) is 0 Å². The van der Waals surface area contributed by atoms with Gasteiger partial charge in [-0.05, 0) is 50.2 Å². The lowest BCUT2D eigenvalue weighted by Crippen LogP contribution is -2.34. The lowest BCUT2D eigenvalue weighted by molar-refractivity contribution is 0.102. The molecule has 1 fully saturated rings. The number of aromatic nitrogens is 2. The first-order chi connectivity index (χ1) is 11.7. The summed E-state index contributed by atoms with van der Waals surface area (Å²) < 4.78 is 10.9. The summed E-state index contributed by atoms with van der Waals surface area (Å²) in [5, 5.41) is 6.01. The van der Waals surface area contributed by atoms with Gasteiger partial charge in [0.05, 0.1) is 19.5 Å². The van der Waals surface area contributed by atoms with Gasteiger partial charge in [0.25, 0.3) is 5.91 Å². The van der Waals surface area contributed by atoms with E-state index in [0.29, 0.717) is 23.0 Å². The van der Waals surface area contributed by atoms with E-state index in [9.17, 15) is 4.79 Å². The quantitative estimate of drug-likeness (QED) is 0.871. The summed E-state index contributed by atoms with van der Waals surface area (Å²) in [6.07, 6.45) is 5.06. The molecule has 3 rings (SSSR count). The molecule has 7 nitrogen and oxygen atoms in total. The van der Waals surface area contributed by atoms with Gasteiger partial charge in [0.15, 0.2) is 5.82 Å². The molecule has 7 heteroatoms. The number of methoxy groups -OCH3 is 1. The van der Waals surface area contributed by atoms with E-state index in [1.165, 1.54) is 6.20 Å². The van der Waals surface area contributed by atoms with E-state index < -0.39 is 0 Å². The summed E-state index contributed by atoms with van der Waals surface area (Å²) in [5.74, 6) is 1.23. The Hall–Kier alpha value is -2.67. The molecule has 0 aliphatic carbocycles. The molecule has 126 valence electrons. The number of nitrogens with zero attached hydrogens (tertiary/aromatic N) is 2. The molecule has 2 aromatic rings. The molecule has 1 aromatic carbocycles. The number of hydrogen-bond donors (Lipinski definition) is 2. The topological polar surface area (TPSA) is 85.4 Å². The van der Waals surface area contributed by atoms with Crippen molar-refractivity contribution in [2.24, 2.45) is 0 Å². The predicted molar refractivity (Wildman–Crippen MR) is 89.5 cm³/mol. The molecule has 1 aliphatic rings. The van der Waals surface area contributed by atoms with Gasteiger partial charge < -0.3 is 20.1 Å². The minimum atomic E-state index is -0.258. The summed E-state index contributed by atoms with van der Waals surface area (Å²) in [7, 11) is 1.58. The first kappa shape index (κ1) is 16.2. The molecule has 0 radical (unpaired) electrons. The Morgan fingerprint density at radius 1 is 1.21 bits per heavy atom. The standard InChI is InChI=1S/C17H20N4O3/c1-23-13-4-2-12(3-5-13)17(22)21-15-10-19-11-16(20-15)24-14-6-8-18-9-7-14/h2-5,10-11,14,18H,6-9H2,1H3,(H,20,21,22). The van der Waals surface area contributed by atoms with Crippen LogP contribution in [0.3, 0.4) is 0 Å². The van der Waals surface area contributed by atoms with Crippen LogP contribution in [0.15, 0.2) is 36.7 Å².